The molecule has 4 aromatic carbocycles. The number of cyclic esters (lactones) is 1. The number of esters is 1. The van der Waals surface area contributed by atoms with Crippen LogP contribution in [0.15, 0.2) is 96.6 Å². The fourth-order valence-electron chi connectivity index (χ4n) is 4.76. The van der Waals surface area contributed by atoms with Gasteiger partial charge in [-0.1, -0.05) is 60.2 Å². The minimum absolute atomic E-state index is 0.00304. The Morgan fingerprint density at radius 1 is 0.804 bits per heavy atom. The molecule has 0 fully saturated rings. The SMILES string of the molecule is Cc1ccc(C2(O)OC(=O)C(c3ccc4nsnc4c3)=C2Cc2ccc(C(F)(F)F)cc2)cc1.O=Cc1ccc(C(F)(F)F)cc1. The molecule has 6 rings (SSSR count). The van der Waals surface area contributed by atoms with E-state index in [1.165, 1.54) is 12.1 Å². The third-order valence-electron chi connectivity index (χ3n) is 7.18. The average molecular weight is 657 g/mol. The van der Waals surface area contributed by atoms with Crippen LogP contribution in [0.4, 0.5) is 26.3 Å². The van der Waals surface area contributed by atoms with E-state index >= 15 is 0 Å². The highest BCUT2D eigenvalue weighted by Gasteiger charge is 2.48. The van der Waals surface area contributed by atoms with Gasteiger partial charge in [-0.05, 0) is 54.4 Å². The number of hydrogen-bond donors (Lipinski definition) is 1. The molecule has 0 saturated carbocycles. The Kier molecular flexibility index (Phi) is 8.83. The largest absolute Gasteiger partial charge is 0.421 e. The topological polar surface area (TPSA) is 89.4 Å². The predicted molar refractivity (Wildman–Crippen MR) is 157 cm³/mol. The third kappa shape index (κ3) is 6.85. The van der Waals surface area contributed by atoms with Crippen molar-refractivity contribution in [1.82, 2.24) is 8.75 Å². The Hall–Kier alpha value is -4.88. The number of alkyl halides is 6. The Balaban J connectivity index is 0.000000293. The molecular formula is C33H22F6N2O4S. The Morgan fingerprint density at radius 3 is 1.93 bits per heavy atom. The number of aromatic nitrogens is 2. The summed E-state index contributed by atoms with van der Waals surface area (Å²) >= 11 is 1.04. The molecule has 0 radical (unpaired) electrons. The van der Waals surface area contributed by atoms with Crippen LogP contribution in [0.2, 0.25) is 0 Å². The second-order valence-corrected chi connectivity index (χ2v) is 10.9. The van der Waals surface area contributed by atoms with Crippen molar-refractivity contribution in [2.75, 3.05) is 0 Å². The summed E-state index contributed by atoms with van der Waals surface area (Å²) in [4.78, 5) is 23.2. The molecular weight excluding hydrogens is 634 g/mol. The second kappa shape index (κ2) is 12.5. The van der Waals surface area contributed by atoms with E-state index in [0.29, 0.717) is 34.0 Å². The molecule has 46 heavy (non-hydrogen) atoms. The lowest BCUT2D eigenvalue weighted by atomic mass is 9.87. The van der Waals surface area contributed by atoms with Crippen LogP contribution in [-0.4, -0.2) is 26.1 Å². The van der Waals surface area contributed by atoms with E-state index in [1.54, 1.807) is 42.5 Å². The fraction of sp³-hybridized carbons (Fsp3) is 0.152. The highest BCUT2D eigenvalue weighted by atomic mass is 32.1. The van der Waals surface area contributed by atoms with Crippen LogP contribution in [0.25, 0.3) is 16.6 Å². The van der Waals surface area contributed by atoms with Crippen molar-refractivity contribution in [3.8, 4) is 0 Å². The number of aldehydes is 1. The number of benzene rings is 4. The summed E-state index contributed by atoms with van der Waals surface area (Å²) in [6, 6.07) is 20.6. The number of rotatable bonds is 5. The maximum atomic E-state index is 13.1. The summed E-state index contributed by atoms with van der Waals surface area (Å²) in [5.74, 6) is -2.80. The molecule has 13 heteroatoms. The number of ether oxygens (including phenoxy) is 1. The Bertz CT molecular complexity index is 1920. The van der Waals surface area contributed by atoms with Crippen molar-refractivity contribution in [2.45, 2.75) is 31.5 Å². The molecule has 0 aliphatic carbocycles. The van der Waals surface area contributed by atoms with Crippen LogP contribution in [0.3, 0.4) is 0 Å². The molecule has 5 aromatic rings. The lowest BCUT2D eigenvalue weighted by Crippen LogP contribution is -2.29. The van der Waals surface area contributed by atoms with Gasteiger partial charge in [0.05, 0.1) is 28.4 Å². The predicted octanol–water partition coefficient (Wildman–Crippen LogP) is 7.93. The van der Waals surface area contributed by atoms with Gasteiger partial charge in [0.15, 0.2) is 0 Å². The van der Waals surface area contributed by atoms with Gasteiger partial charge >= 0.3 is 18.3 Å². The lowest BCUT2D eigenvalue weighted by molar-refractivity contribution is -0.185. The molecule has 1 aliphatic rings. The normalized spacial score (nSPS) is 16.7. The average Bonchev–Trinajstić information content (AvgIpc) is 3.58. The van der Waals surface area contributed by atoms with Crippen LogP contribution >= 0.6 is 11.7 Å². The molecule has 1 N–H and O–H groups in total. The van der Waals surface area contributed by atoms with Gasteiger partial charge in [-0.25, -0.2) is 4.79 Å². The van der Waals surface area contributed by atoms with Crippen LogP contribution in [0.1, 0.15) is 43.7 Å². The minimum atomic E-state index is -4.46. The number of aryl methyl sites for hydroxylation is 1. The van der Waals surface area contributed by atoms with Crippen molar-refractivity contribution in [3.05, 3.63) is 136 Å². The summed E-state index contributed by atoms with van der Waals surface area (Å²) in [6.45, 7) is 1.88. The number of fused-ring (bicyclic) bond motifs is 1. The van der Waals surface area contributed by atoms with Gasteiger partial charge in [0.25, 0.3) is 5.79 Å². The van der Waals surface area contributed by atoms with E-state index in [1.807, 2.05) is 6.92 Å². The van der Waals surface area contributed by atoms with E-state index in [9.17, 15) is 41.0 Å². The molecule has 1 aromatic heterocycles. The highest BCUT2D eigenvalue weighted by Crippen LogP contribution is 2.45. The van der Waals surface area contributed by atoms with Crippen LogP contribution in [-0.2, 0) is 34.1 Å². The highest BCUT2D eigenvalue weighted by molar-refractivity contribution is 7.00. The molecule has 1 atom stereocenters. The smallest absolute Gasteiger partial charge is 0.416 e. The first kappa shape index (κ1) is 32.5. The molecule has 0 saturated heterocycles. The van der Waals surface area contributed by atoms with Crippen LogP contribution in [0.5, 0.6) is 0 Å². The number of halogens is 6. The van der Waals surface area contributed by atoms with E-state index in [2.05, 4.69) is 8.75 Å². The monoisotopic (exact) mass is 656 g/mol. The standard InChI is InChI=1S/C25H17F3N2O3S.C8H5F3O/c1-14-2-7-17(8-3-14)24(32)19(12-15-4-9-18(10-5-15)25(26,27)28)22(23(31)33-24)16-6-11-20-21(13-16)30-34-29-20;9-8(10,11)7-3-1-6(5-12)2-4-7/h2-11,13,32H,12H2,1H3;1-5H. The first-order chi connectivity index (χ1) is 21.7. The number of nitrogens with zero attached hydrogens (tertiary/aromatic N) is 2. The summed E-state index contributed by atoms with van der Waals surface area (Å²) in [5.41, 5.74) is 2.63. The van der Waals surface area contributed by atoms with Crippen LogP contribution < -0.4 is 0 Å². The van der Waals surface area contributed by atoms with Gasteiger partial charge in [0.1, 0.15) is 17.3 Å². The molecule has 2 heterocycles. The van der Waals surface area contributed by atoms with Gasteiger partial charge in [0, 0.05) is 23.1 Å². The third-order valence-corrected chi connectivity index (χ3v) is 7.73. The Labute approximate surface area is 261 Å². The molecule has 236 valence electrons. The molecule has 1 aliphatic heterocycles. The van der Waals surface area contributed by atoms with Gasteiger partial charge in [-0.15, -0.1) is 0 Å². The van der Waals surface area contributed by atoms with Crippen LogP contribution in [0, 0.1) is 6.92 Å². The molecule has 6 nitrogen and oxygen atoms in total. The number of carbonyl (C=O) groups is 2. The molecule has 0 bridgehead atoms. The summed E-state index contributed by atoms with van der Waals surface area (Å²) < 4.78 is 88.7. The second-order valence-electron chi connectivity index (χ2n) is 10.3. The summed E-state index contributed by atoms with van der Waals surface area (Å²) in [6.07, 6.45) is -8.30. The first-order valence-electron chi connectivity index (χ1n) is 13.5. The van der Waals surface area contributed by atoms with Crippen molar-refractivity contribution in [1.29, 1.82) is 0 Å². The van der Waals surface area contributed by atoms with Crippen molar-refractivity contribution in [2.24, 2.45) is 0 Å². The van der Waals surface area contributed by atoms with Gasteiger partial charge < -0.3 is 9.84 Å². The number of aliphatic hydroxyl groups is 1. The Morgan fingerprint density at radius 2 is 1.37 bits per heavy atom. The molecule has 0 spiro atoms. The zero-order valence-electron chi connectivity index (χ0n) is 23.7. The number of carbonyl (C=O) groups excluding carboxylic acids is 2. The zero-order chi connectivity index (χ0) is 33.3. The fourth-order valence-corrected chi connectivity index (χ4v) is 5.27. The van der Waals surface area contributed by atoms with Crippen molar-refractivity contribution in [3.63, 3.8) is 0 Å². The van der Waals surface area contributed by atoms with Crippen molar-refractivity contribution < 1.29 is 45.8 Å². The van der Waals surface area contributed by atoms with Crippen molar-refractivity contribution >= 4 is 40.6 Å². The molecule has 0 amide bonds. The van der Waals surface area contributed by atoms with E-state index < -0.39 is 35.2 Å². The summed E-state index contributed by atoms with van der Waals surface area (Å²) in [5, 5.41) is 11.6. The minimum Gasteiger partial charge on any atom is -0.421 e. The van der Waals surface area contributed by atoms with E-state index in [4.69, 9.17) is 4.74 Å². The molecule has 1 unspecified atom stereocenters. The van der Waals surface area contributed by atoms with Gasteiger partial charge in [-0.2, -0.15) is 35.1 Å². The van der Waals surface area contributed by atoms with E-state index in [0.717, 1.165) is 53.7 Å². The quantitative estimate of drug-likeness (QED) is 0.117. The lowest BCUT2D eigenvalue weighted by Gasteiger charge is -2.26. The summed E-state index contributed by atoms with van der Waals surface area (Å²) in [7, 11) is 0. The zero-order valence-corrected chi connectivity index (χ0v) is 24.5. The van der Waals surface area contributed by atoms with Gasteiger partial charge in [-0.3, -0.25) is 4.79 Å². The van der Waals surface area contributed by atoms with E-state index in [-0.39, 0.29) is 23.1 Å². The van der Waals surface area contributed by atoms with Gasteiger partial charge in [0.2, 0.25) is 0 Å². The maximum Gasteiger partial charge on any atom is 0.416 e. The maximum absolute atomic E-state index is 13.1. The number of hydrogen-bond acceptors (Lipinski definition) is 7. The first-order valence-corrected chi connectivity index (χ1v) is 14.2.